The highest BCUT2D eigenvalue weighted by Crippen LogP contribution is 2.33. The van der Waals surface area contributed by atoms with Crippen molar-refractivity contribution in [1.82, 2.24) is 4.90 Å². The van der Waals surface area contributed by atoms with Gasteiger partial charge >= 0.3 is 5.97 Å². The zero-order valence-electron chi connectivity index (χ0n) is 12.5. The summed E-state index contributed by atoms with van der Waals surface area (Å²) in [6.45, 7) is 0. The van der Waals surface area contributed by atoms with Crippen molar-refractivity contribution in [3.8, 4) is 0 Å². The van der Waals surface area contributed by atoms with E-state index >= 15 is 0 Å². The van der Waals surface area contributed by atoms with E-state index in [0.717, 1.165) is 24.8 Å². The molecule has 1 aliphatic rings. The first-order valence-corrected chi connectivity index (χ1v) is 7.60. The minimum atomic E-state index is -0.994. The first-order valence-electron chi connectivity index (χ1n) is 7.60. The summed E-state index contributed by atoms with van der Waals surface area (Å²) in [5, 5.41) is 9.60. The number of rotatable bonds is 5. The lowest BCUT2D eigenvalue weighted by Crippen LogP contribution is -2.56. The predicted octanol–water partition coefficient (Wildman–Crippen LogP) is 2.87. The van der Waals surface area contributed by atoms with E-state index < -0.39 is 11.5 Å². The maximum absolute atomic E-state index is 12.4. The summed E-state index contributed by atoms with van der Waals surface area (Å²) in [4.78, 5) is 25.6. The van der Waals surface area contributed by atoms with Crippen LogP contribution in [0.1, 0.15) is 44.1 Å². The second kappa shape index (κ2) is 6.74. The average molecular weight is 289 g/mol. The smallest absolute Gasteiger partial charge is 0.329 e. The van der Waals surface area contributed by atoms with Crippen LogP contribution in [0.25, 0.3) is 0 Å². The Bertz CT molecular complexity index is 492. The van der Waals surface area contributed by atoms with Crippen molar-refractivity contribution in [1.29, 1.82) is 0 Å². The maximum atomic E-state index is 12.4. The monoisotopic (exact) mass is 289 g/mol. The molecule has 0 heterocycles. The molecular formula is C17H23NO3. The van der Waals surface area contributed by atoms with E-state index in [4.69, 9.17) is 0 Å². The minimum Gasteiger partial charge on any atom is -0.479 e. The number of carbonyl (C=O) groups excluding carboxylic acids is 1. The largest absolute Gasteiger partial charge is 0.479 e. The Morgan fingerprint density at radius 2 is 1.76 bits per heavy atom. The van der Waals surface area contributed by atoms with E-state index in [2.05, 4.69) is 0 Å². The number of benzene rings is 1. The zero-order valence-corrected chi connectivity index (χ0v) is 12.5. The van der Waals surface area contributed by atoms with Crippen molar-refractivity contribution in [2.24, 2.45) is 0 Å². The van der Waals surface area contributed by atoms with Crippen LogP contribution in [0.3, 0.4) is 0 Å². The van der Waals surface area contributed by atoms with Crippen molar-refractivity contribution in [2.45, 2.75) is 50.5 Å². The molecule has 0 spiro atoms. The minimum absolute atomic E-state index is 0.0804. The van der Waals surface area contributed by atoms with Gasteiger partial charge in [-0.3, -0.25) is 4.79 Å². The molecule has 4 nitrogen and oxygen atoms in total. The molecule has 1 aliphatic carbocycles. The SMILES string of the molecule is CN(C(=O)CCc1ccccc1)C1(C(=O)O)CCCCC1. The van der Waals surface area contributed by atoms with Gasteiger partial charge in [-0.15, -0.1) is 0 Å². The van der Waals surface area contributed by atoms with E-state index in [0.29, 0.717) is 25.7 Å². The standard InChI is InChI=1S/C17H23NO3/c1-18(17(16(20)21)12-6-3-7-13-17)15(19)11-10-14-8-4-2-5-9-14/h2,4-5,8-9H,3,6-7,10-13H2,1H3,(H,20,21). The first-order chi connectivity index (χ1) is 10.1. The Kier molecular flexibility index (Phi) is 4.99. The normalized spacial score (nSPS) is 17.2. The van der Waals surface area contributed by atoms with Crippen molar-refractivity contribution < 1.29 is 14.7 Å². The number of carbonyl (C=O) groups is 2. The molecule has 1 amide bonds. The Morgan fingerprint density at radius 3 is 2.33 bits per heavy atom. The molecule has 0 bridgehead atoms. The highest BCUT2D eigenvalue weighted by molar-refractivity contribution is 5.87. The highest BCUT2D eigenvalue weighted by atomic mass is 16.4. The third-order valence-corrected chi connectivity index (χ3v) is 4.57. The Labute approximate surface area is 125 Å². The molecule has 21 heavy (non-hydrogen) atoms. The number of amides is 1. The third kappa shape index (κ3) is 3.43. The van der Waals surface area contributed by atoms with Gasteiger partial charge in [0.15, 0.2) is 0 Å². The molecule has 0 aromatic heterocycles. The van der Waals surface area contributed by atoms with E-state index in [9.17, 15) is 14.7 Å². The fourth-order valence-corrected chi connectivity index (χ4v) is 3.13. The second-order valence-corrected chi connectivity index (χ2v) is 5.84. The average Bonchev–Trinajstić information content (AvgIpc) is 2.53. The molecule has 1 aromatic rings. The van der Waals surface area contributed by atoms with Gasteiger partial charge in [-0.1, -0.05) is 49.6 Å². The van der Waals surface area contributed by atoms with E-state index in [1.807, 2.05) is 30.3 Å². The molecule has 4 heteroatoms. The van der Waals surface area contributed by atoms with Crippen molar-refractivity contribution in [2.75, 3.05) is 7.05 Å². The number of hydrogen-bond donors (Lipinski definition) is 1. The van der Waals surface area contributed by atoms with Gasteiger partial charge in [-0.25, -0.2) is 4.79 Å². The Hall–Kier alpha value is -1.84. The van der Waals surface area contributed by atoms with Crippen LogP contribution in [0.4, 0.5) is 0 Å². The molecule has 1 aromatic carbocycles. The molecular weight excluding hydrogens is 266 g/mol. The van der Waals surface area contributed by atoms with E-state index in [1.54, 1.807) is 7.05 Å². The van der Waals surface area contributed by atoms with E-state index in [1.165, 1.54) is 4.90 Å². The summed E-state index contributed by atoms with van der Waals surface area (Å²) in [5.41, 5.74) is 0.110. The van der Waals surface area contributed by atoms with Crippen LogP contribution in [0.2, 0.25) is 0 Å². The van der Waals surface area contributed by atoms with Gasteiger partial charge in [0.25, 0.3) is 0 Å². The summed E-state index contributed by atoms with van der Waals surface area (Å²) < 4.78 is 0. The molecule has 2 rings (SSSR count). The topological polar surface area (TPSA) is 57.6 Å². The lowest BCUT2D eigenvalue weighted by atomic mass is 9.80. The van der Waals surface area contributed by atoms with Gasteiger partial charge in [0.1, 0.15) is 5.54 Å². The fourth-order valence-electron chi connectivity index (χ4n) is 3.13. The molecule has 114 valence electrons. The maximum Gasteiger partial charge on any atom is 0.329 e. The van der Waals surface area contributed by atoms with Gasteiger partial charge < -0.3 is 10.0 Å². The van der Waals surface area contributed by atoms with Crippen LogP contribution in [-0.2, 0) is 16.0 Å². The fraction of sp³-hybridized carbons (Fsp3) is 0.529. The quantitative estimate of drug-likeness (QED) is 0.906. The van der Waals surface area contributed by atoms with Crippen LogP contribution in [0.15, 0.2) is 30.3 Å². The van der Waals surface area contributed by atoms with Gasteiger partial charge in [0, 0.05) is 13.5 Å². The second-order valence-electron chi connectivity index (χ2n) is 5.84. The summed E-state index contributed by atoms with van der Waals surface area (Å²) >= 11 is 0. The zero-order chi connectivity index (χ0) is 15.3. The number of carboxylic acids is 1. The molecule has 0 radical (unpaired) electrons. The number of aliphatic carboxylic acids is 1. The summed E-state index contributed by atoms with van der Waals surface area (Å²) in [7, 11) is 1.65. The summed E-state index contributed by atoms with van der Waals surface area (Å²) in [6, 6.07) is 9.81. The third-order valence-electron chi connectivity index (χ3n) is 4.57. The van der Waals surface area contributed by atoms with Crippen LogP contribution in [0, 0.1) is 0 Å². The molecule has 0 atom stereocenters. The number of nitrogens with zero attached hydrogens (tertiary/aromatic N) is 1. The molecule has 1 fully saturated rings. The number of aryl methyl sites for hydroxylation is 1. The van der Waals surface area contributed by atoms with Crippen LogP contribution >= 0.6 is 0 Å². The molecule has 1 N–H and O–H groups in total. The summed E-state index contributed by atoms with van der Waals surface area (Å²) in [5.74, 6) is -0.944. The van der Waals surface area contributed by atoms with Gasteiger partial charge in [0.2, 0.25) is 5.91 Å². The molecule has 1 saturated carbocycles. The first kappa shape index (κ1) is 15.5. The van der Waals surface area contributed by atoms with Crippen LogP contribution < -0.4 is 0 Å². The van der Waals surface area contributed by atoms with Crippen molar-refractivity contribution in [3.05, 3.63) is 35.9 Å². The van der Waals surface area contributed by atoms with E-state index in [-0.39, 0.29) is 5.91 Å². The van der Waals surface area contributed by atoms with Gasteiger partial charge in [-0.05, 0) is 24.8 Å². The molecule has 0 saturated heterocycles. The van der Waals surface area contributed by atoms with Crippen molar-refractivity contribution >= 4 is 11.9 Å². The lowest BCUT2D eigenvalue weighted by Gasteiger charge is -2.41. The summed E-state index contributed by atoms with van der Waals surface area (Å²) in [6.07, 6.45) is 4.95. The Balaban J connectivity index is 2.01. The predicted molar refractivity (Wildman–Crippen MR) is 81.0 cm³/mol. The van der Waals surface area contributed by atoms with Gasteiger partial charge in [-0.2, -0.15) is 0 Å². The van der Waals surface area contributed by atoms with Crippen LogP contribution in [-0.4, -0.2) is 34.5 Å². The molecule has 0 aliphatic heterocycles. The molecule has 0 unspecified atom stereocenters. The number of carboxylic acid groups (broad SMARTS) is 1. The Morgan fingerprint density at radius 1 is 1.14 bits per heavy atom. The van der Waals surface area contributed by atoms with Crippen LogP contribution in [0.5, 0.6) is 0 Å². The number of likely N-dealkylation sites (N-methyl/N-ethyl adjacent to an activating group) is 1. The van der Waals surface area contributed by atoms with Gasteiger partial charge in [0.05, 0.1) is 0 Å². The number of hydrogen-bond acceptors (Lipinski definition) is 2. The lowest BCUT2D eigenvalue weighted by molar-refractivity contribution is -0.160. The van der Waals surface area contributed by atoms with Crippen molar-refractivity contribution in [3.63, 3.8) is 0 Å². The highest BCUT2D eigenvalue weighted by Gasteiger charge is 2.45.